The third-order valence-electron chi connectivity index (χ3n) is 3.09. The molecular weight excluding hydrogens is 212 g/mol. The predicted octanol–water partition coefficient (Wildman–Crippen LogP) is 2.64. The highest BCUT2D eigenvalue weighted by atomic mass is 16.2. The number of aromatic nitrogens is 2. The minimum absolute atomic E-state index is 0.244. The van der Waals surface area contributed by atoms with E-state index in [0.717, 1.165) is 29.3 Å². The number of hydrogen-bond acceptors (Lipinski definition) is 2. The molecule has 3 nitrogen and oxygen atoms in total. The second-order valence-electron chi connectivity index (χ2n) is 4.25. The fourth-order valence-electron chi connectivity index (χ4n) is 2.23. The van der Waals surface area contributed by atoms with Crippen LogP contribution in [0.4, 0.5) is 0 Å². The Morgan fingerprint density at radius 3 is 2.88 bits per heavy atom. The Balaban J connectivity index is 2.16. The summed E-state index contributed by atoms with van der Waals surface area (Å²) >= 11 is 0. The van der Waals surface area contributed by atoms with Gasteiger partial charge in [0.2, 0.25) is 0 Å². The Kier molecular flexibility index (Phi) is 2.53. The van der Waals surface area contributed by atoms with Crippen LogP contribution in [0.5, 0.6) is 0 Å². The highest BCUT2D eigenvalue weighted by Crippen LogP contribution is 2.25. The van der Waals surface area contributed by atoms with Crippen LogP contribution < -0.4 is 0 Å². The summed E-state index contributed by atoms with van der Waals surface area (Å²) in [6.07, 6.45) is 5.42. The van der Waals surface area contributed by atoms with E-state index in [1.165, 1.54) is 10.9 Å². The van der Waals surface area contributed by atoms with Gasteiger partial charge in [0.15, 0.2) is 0 Å². The summed E-state index contributed by atoms with van der Waals surface area (Å²) < 4.78 is 0. The first-order valence-electron chi connectivity index (χ1n) is 5.83. The minimum atomic E-state index is 0.244. The van der Waals surface area contributed by atoms with E-state index in [1.807, 2.05) is 12.3 Å². The van der Waals surface area contributed by atoms with E-state index in [0.29, 0.717) is 0 Å². The summed E-state index contributed by atoms with van der Waals surface area (Å²) in [7, 11) is 0. The molecule has 0 bridgehead atoms. The first-order chi connectivity index (χ1) is 8.38. The quantitative estimate of drug-likeness (QED) is 0.721. The van der Waals surface area contributed by atoms with Crippen molar-refractivity contribution in [1.29, 1.82) is 0 Å². The second kappa shape index (κ2) is 4.18. The van der Waals surface area contributed by atoms with Crippen LogP contribution in [-0.2, 0) is 6.42 Å². The SMILES string of the molecule is OCCCc1ccc2[nH]c3ccncc3c2c1. The highest BCUT2D eigenvalue weighted by Gasteiger charge is 2.04. The molecule has 0 fully saturated rings. The highest BCUT2D eigenvalue weighted by molar-refractivity contribution is 6.06. The van der Waals surface area contributed by atoms with Gasteiger partial charge in [0.25, 0.3) is 0 Å². The lowest BCUT2D eigenvalue weighted by Gasteiger charge is -1.99. The number of nitrogens with zero attached hydrogens (tertiary/aromatic N) is 1. The molecule has 0 aliphatic heterocycles. The molecular formula is C14H14N2O. The Morgan fingerprint density at radius 2 is 2.00 bits per heavy atom. The molecule has 2 heterocycles. The van der Waals surface area contributed by atoms with Gasteiger partial charge in [-0.3, -0.25) is 4.98 Å². The van der Waals surface area contributed by atoms with Gasteiger partial charge in [0, 0.05) is 40.8 Å². The molecule has 2 aromatic heterocycles. The summed E-state index contributed by atoms with van der Waals surface area (Å²) in [5, 5.41) is 11.2. The molecule has 0 aliphatic rings. The van der Waals surface area contributed by atoms with Gasteiger partial charge in [-0.2, -0.15) is 0 Å². The molecule has 0 amide bonds. The molecule has 3 rings (SSSR count). The van der Waals surface area contributed by atoms with Crippen molar-refractivity contribution in [3.63, 3.8) is 0 Å². The van der Waals surface area contributed by atoms with E-state index >= 15 is 0 Å². The average molecular weight is 226 g/mol. The number of aliphatic hydroxyl groups excluding tert-OH is 1. The lowest BCUT2D eigenvalue weighted by molar-refractivity contribution is 0.288. The minimum Gasteiger partial charge on any atom is -0.396 e. The van der Waals surface area contributed by atoms with Crippen molar-refractivity contribution in [3.8, 4) is 0 Å². The maximum absolute atomic E-state index is 8.86. The Bertz CT molecular complexity index is 657. The van der Waals surface area contributed by atoms with Crippen molar-refractivity contribution < 1.29 is 5.11 Å². The first-order valence-corrected chi connectivity index (χ1v) is 5.83. The van der Waals surface area contributed by atoms with Crippen molar-refractivity contribution in [2.24, 2.45) is 0 Å². The van der Waals surface area contributed by atoms with Crippen molar-refractivity contribution in [2.45, 2.75) is 12.8 Å². The number of aromatic amines is 1. The van der Waals surface area contributed by atoms with Crippen molar-refractivity contribution in [2.75, 3.05) is 6.61 Å². The maximum Gasteiger partial charge on any atom is 0.0495 e. The van der Waals surface area contributed by atoms with E-state index in [1.54, 1.807) is 6.20 Å². The zero-order valence-corrected chi connectivity index (χ0v) is 9.48. The molecule has 86 valence electrons. The predicted molar refractivity (Wildman–Crippen MR) is 69.0 cm³/mol. The third kappa shape index (κ3) is 1.78. The van der Waals surface area contributed by atoms with Gasteiger partial charge in [-0.05, 0) is 36.6 Å². The summed E-state index contributed by atoms with van der Waals surface area (Å²) in [4.78, 5) is 7.54. The molecule has 2 N–H and O–H groups in total. The average Bonchev–Trinajstić information content (AvgIpc) is 2.74. The van der Waals surface area contributed by atoms with Crippen molar-refractivity contribution >= 4 is 21.8 Å². The van der Waals surface area contributed by atoms with Crippen LogP contribution in [0, 0.1) is 0 Å². The molecule has 0 saturated heterocycles. The van der Waals surface area contributed by atoms with Crippen LogP contribution in [0.3, 0.4) is 0 Å². The van der Waals surface area contributed by atoms with Crippen molar-refractivity contribution in [1.82, 2.24) is 9.97 Å². The van der Waals surface area contributed by atoms with Crippen LogP contribution in [0.1, 0.15) is 12.0 Å². The number of nitrogens with one attached hydrogen (secondary N) is 1. The Morgan fingerprint density at radius 1 is 1.12 bits per heavy atom. The molecule has 3 aromatic rings. The second-order valence-corrected chi connectivity index (χ2v) is 4.25. The number of benzene rings is 1. The zero-order chi connectivity index (χ0) is 11.7. The van der Waals surface area contributed by atoms with E-state index in [4.69, 9.17) is 5.11 Å². The van der Waals surface area contributed by atoms with E-state index in [9.17, 15) is 0 Å². The fraction of sp³-hybridized carbons (Fsp3) is 0.214. The smallest absolute Gasteiger partial charge is 0.0495 e. The van der Waals surface area contributed by atoms with Gasteiger partial charge >= 0.3 is 0 Å². The molecule has 1 aromatic carbocycles. The summed E-state index contributed by atoms with van der Waals surface area (Å²) in [5.74, 6) is 0. The summed E-state index contributed by atoms with van der Waals surface area (Å²) in [6, 6.07) is 8.39. The third-order valence-corrected chi connectivity index (χ3v) is 3.09. The summed E-state index contributed by atoms with van der Waals surface area (Å²) in [5.41, 5.74) is 3.52. The van der Waals surface area contributed by atoms with Crippen LogP contribution >= 0.6 is 0 Å². The topological polar surface area (TPSA) is 48.9 Å². The standard InChI is InChI=1S/C14H14N2O/c17-7-1-2-10-3-4-13-11(8-10)12-9-15-6-5-14(12)16-13/h3-6,8-9,16-17H,1-2,7H2. The molecule has 0 atom stereocenters. The fourth-order valence-corrected chi connectivity index (χ4v) is 2.23. The monoisotopic (exact) mass is 226 g/mol. The lowest BCUT2D eigenvalue weighted by atomic mass is 10.1. The maximum atomic E-state index is 8.86. The largest absolute Gasteiger partial charge is 0.396 e. The molecule has 3 heteroatoms. The van der Waals surface area contributed by atoms with Crippen LogP contribution in [0.15, 0.2) is 36.7 Å². The molecule has 0 unspecified atom stereocenters. The van der Waals surface area contributed by atoms with Gasteiger partial charge < -0.3 is 10.1 Å². The Hall–Kier alpha value is -1.87. The van der Waals surface area contributed by atoms with Crippen LogP contribution in [0.2, 0.25) is 0 Å². The lowest BCUT2D eigenvalue weighted by Crippen LogP contribution is -1.88. The molecule has 0 saturated carbocycles. The zero-order valence-electron chi connectivity index (χ0n) is 9.48. The number of rotatable bonds is 3. The molecule has 0 radical (unpaired) electrons. The number of fused-ring (bicyclic) bond motifs is 3. The van der Waals surface area contributed by atoms with Gasteiger partial charge in [-0.15, -0.1) is 0 Å². The number of aliphatic hydroxyl groups is 1. The van der Waals surface area contributed by atoms with Gasteiger partial charge in [-0.25, -0.2) is 0 Å². The normalized spacial score (nSPS) is 11.4. The van der Waals surface area contributed by atoms with Gasteiger partial charge in [-0.1, -0.05) is 6.07 Å². The van der Waals surface area contributed by atoms with Crippen LogP contribution in [0.25, 0.3) is 21.8 Å². The van der Waals surface area contributed by atoms with E-state index in [-0.39, 0.29) is 6.61 Å². The van der Waals surface area contributed by atoms with E-state index in [2.05, 4.69) is 28.2 Å². The number of pyridine rings is 1. The first kappa shape index (κ1) is 10.3. The van der Waals surface area contributed by atoms with Gasteiger partial charge in [0.05, 0.1) is 0 Å². The van der Waals surface area contributed by atoms with Crippen molar-refractivity contribution in [3.05, 3.63) is 42.2 Å². The molecule has 0 spiro atoms. The molecule has 17 heavy (non-hydrogen) atoms. The van der Waals surface area contributed by atoms with Crippen LogP contribution in [-0.4, -0.2) is 21.7 Å². The van der Waals surface area contributed by atoms with Gasteiger partial charge in [0.1, 0.15) is 0 Å². The van der Waals surface area contributed by atoms with E-state index < -0.39 is 0 Å². The number of H-pyrrole nitrogens is 1. The number of hydrogen-bond donors (Lipinski definition) is 2. The number of aryl methyl sites for hydroxylation is 1. The Labute approximate surface area is 99.1 Å². The summed E-state index contributed by atoms with van der Waals surface area (Å²) in [6.45, 7) is 0.244. The molecule has 0 aliphatic carbocycles.